The number of rotatable bonds is 5. The SMILES string of the molecule is COCCC[NH2+][C@@H]1CCC[C@@H](C)C1. The molecule has 0 unspecified atom stereocenters. The van der Waals surface area contributed by atoms with Crippen LogP contribution in [-0.4, -0.2) is 26.3 Å². The van der Waals surface area contributed by atoms with Gasteiger partial charge in [-0.25, -0.2) is 0 Å². The summed E-state index contributed by atoms with van der Waals surface area (Å²) in [6.45, 7) is 4.54. The Balaban J connectivity index is 2.00. The van der Waals surface area contributed by atoms with E-state index >= 15 is 0 Å². The molecular formula is C11H24NO+. The normalized spacial score (nSPS) is 29.1. The molecule has 0 spiro atoms. The van der Waals surface area contributed by atoms with Crippen LogP contribution in [0.4, 0.5) is 0 Å². The topological polar surface area (TPSA) is 25.8 Å². The minimum Gasteiger partial charge on any atom is -0.384 e. The van der Waals surface area contributed by atoms with Crippen LogP contribution in [0.2, 0.25) is 0 Å². The summed E-state index contributed by atoms with van der Waals surface area (Å²) in [4.78, 5) is 0. The van der Waals surface area contributed by atoms with Crippen molar-refractivity contribution in [3.05, 3.63) is 0 Å². The highest BCUT2D eigenvalue weighted by molar-refractivity contribution is 4.68. The molecule has 1 aliphatic carbocycles. The average molecular weight is 186 g/mol. The third-order valence-corrected chi connectivity index (χ3v) is 3.03. The van der Waals surface area contributed by atoms with Gasteiger partial charge in [0.1, 0.15) is 0 Å². The second-order valence-corrected chi connectivity index (χ2v) is 4.40. The summed E-state index contributed by atoms with van der Waals surface area (Å²) in [6, 6.07) is 0.903. The smallest absolute Gasteiger partial charge is 0.0861 e. The van der Waals surface area contributed by atoms with Gasteiger partial charge in [-0.15, -0.1) is 0 Å². The molecule has 0 aromatic carbocycles. The van der Waals surface area contributed by atoms with Crippen LogP contribution >= 0.6 is 0 Å². The van der Waals surface area contributed by atoms with E-state index in [0.717, 1.165) is 18.6 Å². The van der Waals surface area contributed by atoms with E-state index < -0.39 is 0 Å². The predicted octanol–water partition coefficient (Wildman–Crippen LogP) is 1.16. The molecule has 0 heterocycles. The Bertz CT molecular complexity index is 127. The summed E-state index contributed by atoms with van der Waals surface area (Å²) >= 11 is 0. The Labute approximate surface area is 82.0 Å². The van der Waals surface area contributed by atoms with Crippen LogP contribution in [0.15, 0.2) is 0 Å². The maximum Gasteiger partial charge on any atom is 0.0861 e. The van der Waals surface area contributed by atoms with Crippen LogP contribution in [0.1, 0.15) is 39.0 Å². The van der Waals surface area contributed by atoms with E-state index in [-0.39, 0.29) is 0 Å². The van der Waals surface area contributed by atoms with Crippen LogP contribution in [0.3, 0.4) is 0 Å². The predicted molar refractivity (Wildman–Crippen MR) is 54.7 cm³/mol. The van der Waals surface area contributed by atoms with Gasteiger partial charge in [0, 0.05) is 20.0 Å². The lowest BCUT2D eigenvalue weighted by molar-refractivity contribution is -0.693. The Morgan fingerprint density at radius 1 is 1.38 bits per heavy atom. The largest absolute Gasteiger partial charge is 0.384 e. The van der Waals surface area contributed by atoms with Crippen molar-refractivity contribution in [2.24, 2.45) is 5.92 Å². The van der Waals surface area contributed by atoms with Crippen molar-refractivity contribution in [3.8, 4) is 0 Å². The highest BCUT2D eigenvalue weighted by atomic mass is 16.5. The zero-order chi connectivity index (χ0) is 9.52. The molecule has 0 amide bonds. The zero-order valence-electron chi connectivity index (χ0n) is 9.09. The van der Waals surface area contributed by atoms with Crippen molar-refractivity contribution in [2.45, 2.75) is 45.1 Å². The molecule has 13 heavy (non-hydrogen) atoms. The first-order chi connectivity index (χ1) is 6.33. The molecule has 2 N–H and O–H groups in total. The van der Waals surface area contributed by atoms with Gasteiger partial charge in [-0.05, 0) is 18.8 Å². The Morgan fingerprint density at radius 2 is 2.23 bits per heavy atom. The summed E-state index contributed by atoms with van der Waals surface area (Å²) in [5.41, 5.74) is 0. The fraction of sp³-hybridized carbons (Fsp3) is 1.00. The number of quaternary nitrogens is 1. The van der Waals surface area contributed by atoms with Crippen molar-refractivity contribution in [3.63, 3.8) is 0 Å². The molecule has 2 nitrogen and oxygen atoms in total. The molecule has 78 valence electrons. The monoisotopic (exact) mass is 186 g/mol. The molecule has 0 saturated heterocycles. The third-order valence-electron chi connectivity index (χ3n) is 3.03. The summed E-state index contributed by atoms with van der Waals surface area (Å²) in [5, 5.41) is 2.52. The molecule has 0 aromatic heterocycles. The van der Waals surface area contributed by atoms with Crippen LogP contribution in [0.25, 0.3) is 0 Å². The Morgan fingerprint density at radius 3 is 2.92 bits per heavy atom. The standard InChI is InChI=1S/C11H23NO/c1-10-5-3-6-11(9-10)12-7-4-8-13-2/h10-12H,3-9H2,1-2H3/p+1/t10-,11-/m1/s1. The highest BCUT2D eigenvalue weighted by Gasteiger charge is 2.20. The van der Waals surface area contributed by atoms with E-state index in [1.807, 2.05) is 0 Å². The van der Waals surface area contributed by atoms with Gasteiger partial charge in [0.2, 0.25) is 0 Å². The van der Waals surface area contributed by atoms with Gasteiger partial charge >= 0.3 is 0 Å². The Hall–Kier alpha value is -0.0800. The fourth-order valence-electron chi connectivity index (χ4n) is 2.28. The van der Waals surface area contributed by atoms with Crippen molar-refractivity contribution in [1.29, 1.82) is 0 Å². The average Bonchev–Trinajstić information content (AvgIpc) is 2.13. The number of nitrogens with two attached hydrogens (primary N) is 1. The number of methoxy groups -OCH3 is 1. The third kappa shape index (κ3) is 4.63. The number of ether oxygens (including phenoxy) is 1. The Kier molecular flexibility index (Phi) is 5.40. The molecule has 1 rings (SSSR count). The quantitative estimate of drug-likeness (QED) is 0.641. The number of hydrogen-bond acceptors (Lipinski definition) is 1. The first-order valence-electron chi connectivity index (χ1n) is 5.65. The summed E-state index contributed by atoms with van der Waals surface area (Å²) < 4.78 is 5.03. The summed E-state index contributed by atoms with van der Waals surface area (Å²) in [5.74, 6) is 0.956. The van der Waals surface area contributed by atoms with Gasteiger partial charge in [-0.3, -0.25) is 0 Å². The molecule has 0 aliphatic heterocycles. The van der Waals surface area contributed by atoms with Gasteiger partial charge in [0.15, 0.2) is 0 Å². The molecule has 1 aliphatic rings. The van der Waals surface area contributed by atoms with Crippen LogP contribution in [-0.2, 0) is 4.74 Å². The lowest BCUT2D eigenvalue weighted by atomic mass is 9.87. The van der Waals surface area contributed by atoms with E-state index in [1.165, 1.54) is 38.6 Å². The molecular weight excluding hydrogens is 162 g/mol. The minimum absolute atomic E-state index is 0.903. The summed E-state index contributed by atoms with van der Waals surface area (Å²) in [6.07, 6.45) is 6.93. The zero-order valence-corrected chi connectivity index (χ0v) is 9.09. The van der Waals surface area contributed by atoms with Gasteiger partial charge in [-0.2, -0.15) is 0 Å². The maximum absolute atomic E-state index is 5.03. The molecule has 2 atom stereocenters. The molecule has 1 saturated carbocycles. The molecule has 0 aromatic rings. The van der Waals surface area contributed by atoms with Crippen LogP contribution in [0.5, 0.6) is 0 Å². The lowest BCUT2D eigenvalue weighted by Crippen LogP contribution is -2.90. The van der Waals surface area contributed by atoms with Gasteiger partial charge < -0.3 is 10.1 Å². The lowest BCUT2D eigenvalue weighted by Gasteiger charge is -2.24. The highest BCUT2D eigenvalue weighted by Crippen LogP contribution is 2.21. The van der Waals surface area contributed by atoms with E-state index in [2.05, 4.69) is 12.2 Å². The van der Waals surface area contributed by atoms with Crippen molar-refractivity contribution in [2.75, 3.05) is 20.3 Å². The van der Waals surface area contributed by atoms with Crippen molar-refractivity contribution < 1.29 is 10.1 Å². The van der Waals surface area contributed by atoms with Crippen molar-refractivity contribution >= 4 is 0 Å². The van der Waals surface area contributed by atoms with Crippen LogP contribution in [0, 0.1) is 5.92 Å². The van der Waals surface area contributed by atoms with E-state index in [9.17, 15) is 0 Å². The minimum atomic E-state index is 0.903. The second-order valence-electron chi connectivity index (χ2n) is 4.40. The van der Waals surface area contributed by atoms with E-state index in [0.29, 0.717) is 0 Å². The van der Waals surface area contributed by atoms with E-state index in [4.69, 9.17) is 4.74 Å². The van der Waals surface area contributed by atoms with Crippen LogP contribution < -0.4 is 5.32 Å². The van der Waals surface area contributed by atoms with Crippen molar-refractivity contribution in [1.82, 2.24) is 0 Å². The second kappa shape index (κ2) is 6.39. The van der Waals surface area contributed by atoms with Gasteiger partial charge in [-0.1, -0.05) is 13.3 Å². The number of hydrogen-bond donors (Lipinski definition) is 1. The molecule has 1 fully saturated rings. The van der Waals surface area contributed by atoms with Gasteiger partial charge in [0.25, 0.3) is 0 Å². The first-order valence-corrected chi connectivity index (χ1v) is 5.65. The maximum atomic E-state index is 5.03. The molecule has 2 heteroatoms. The molecule has 0 radical (unpaired) electrons. The van der Waals surface area contributed by atoms with E-state index in [1.54, 1.807) is 7.11 Å². The fourth-order valence-corrected chi connectivity index (χ4v) is 2.28. The first kappa shape index (κ1) is 11.0. The molecule has 0 bridgehead atoms. The van der Waals surface area contributed by atoms with Gasteiger partial charge in [0.05, 0.1) is 19.2 Å². The summed E-state index contributed by atoms with van der Waals surface area (Å²) in [7, 11) is 1.78.